The zero-order chi connectivity index (χ0) is 15.4. The minimum absolute atomic E-state index is 0. The maximum Gasteiger partial charge on any atom is 0.252 e. The number of carbonyl (C=O) groups is 1. The van der Waals surface area contributed by atoms with E-state index in [1.165, 1.54) is 0 Å². The molecule has 0 aliphatic carbocycles. The number of amides is 1. The monoisotopic (exact) mass is 340 g/mol. The zero-order valence-corrected chi connectivity index (χ0v) is 14.3. The summed E-state index contributed by atoms with van der Waals surface area (Å²) in [4.78, 5) is 14.8. The Morgan fingerprint density at radius 3 is 2.91 bits per heavy atom. The van der Waals surface area contributed by atoms with Gasteiger partial charge >= 0.3 is 0 Å². The van der Waals surface area contributed by atoms with Gasteiger partial charge in [-0.3, -0.25) is 4.79 Å². The largest absolute Gasteiger partial charge is 0.496 e. The van der Waals surface area contributed by atoms with Crippen LogP contribution in [0.4, 0.5) is 0 Å². The van der Waals surface area contributed by atoms with Crippen molar-refractivity contribution in [2.24, 2.45) is 0 Å². The summed E-state index contributed by atoms with van der Waals surface area (Å²) in [5.74, 6) is 0.954. The summed E-state index contributed by atoms with van der Waals surface area (Å²) in [6.45, 7) is 2.98. The van der Waals surface area contributed by atoms with Crippen molar-refractivity contribution in [3.63, 3.8) is 0 Å². The molecule has 2 fully saturated rings. The van der Waals surface area contributed by atoms with Crippen LogP contribution in [-0.4, -0.2) is 50.3 Å². The van der Waals surface area contributed by atoms with Crippen molar-refractivity contribution in [1.29, 1.82) is 0 Å². The van der Waals surface area contributed by atoms with Gasteiger partial charge in [-0.05, 0) is 25.3 Å². The van der Waals surface area contributed by atoms with Gasteiger partial charge in [0.1, 0.15) is 11.9 Å². The zero-order valence-electron chi connectivity index (χ0n) is 13.5. The highest BCUT2D eigenvalue weighted by Gasteiger charge is 2.34. The van der Waals surface area contributed by atoms with E-state index in [4.69, 9.17) is 9.47 Å². The standard InChI is InChI=1S/C17H24N2O3.ClH/c1-21-15-7-3-2-6-13(15)14-12-18-9-10-19(14)17(20)16-8-4-5-11-22-16;/h2-3,6-7,14,16,18H,4-5,8-12H2,1H3;1H. The molecule has 2 aliphatic heterocycles. The second-order valence-electron chi connectivity index (χ2n) is 5.85. The Balaban J connectivity index is 0.00000192. The van der Waals surface area contributed by atoms with E-state index in [1.807, 2.05) is 29.2 Å². The van der Waals surface area contributed by atoms with Gasteiger partial charge in [0, 0.05) is 31.8 Å². The number of ether oxygens (including phenoxy) is 2. The van der Waals surface area contributed by atoms with E-state index in [-0.39, 0.29) is 30.5 Å². The van der Waals surface area contributed by atoms with Crippen LogP contribution in [0.5, 0.6) is 5.75 Å². The van der Waals surface area contributed by atoms with Gasteiger partial charge in [0.15, 0.2) is 0 Å². The van der Waals surface area contributed by atoms with Crippen LogP contribution in [0.1, 0.15) is 30.9 Å². The Bertz CT molecular complexity index is 520. The molecule has 0 spiro atoms. The SMILES string of the molecule is COc1ccccc1C1CNCCN1C(=O)C1CCCCO1.Cl. The first kappa shape index (κ1) is 18.0. The Morgan fingerprint density at radius 2 is 2.17 bits per heavy atom. The molecule has 3 rings (SSSR count). The Hall–Kier alpha value is -1.30. The van der Waals surface area contributed by atoms with E-state index >= 15 is 0 Å². The van der Waals surface area contributed by atoms with Crippen LogP contribution in [-0.2, 0) is 9.53 Å². The summed E-state index contributed by atoms with van der Waals surface area (Å²) in [5.41, 5.74) is 1.06. The Labute approximate surface area is 143 Å². The molecule has 6 heteroatoms. The fourth-order valence-corrected chi connectivity index (χ4v) is 3.31. The van der Waals surface area contributed by atoms with Crippen LogP contribution in [0.3, 0.4) is 0 Å². The number of nitrogens with zero attached hydrogens (tertiary/aromatic N) is 1. The summed E-state index contributed by atoms with van der Waals surface area (Å²) < 4.78 is 11.2. The Kier molecular flexibility index (Phi) is 6.69. The molecule has 1 N–H and O–H groups in total. The molecule has 1 aromatic rings. The maximum absolute atomic E-state index is 12.9. The van der Waals surface area contributed by atoms with Gasteiger partial charge in [0.05, 0.1) is 13.2 Å². The number of hydrogen-bond acceptors (Lipinski definition) is 4. The lowest BCUT2D eigenvalue weighted by atomic mass is 10.00. The number of piperazine rings is 1. The number of methoxy groups -OCH3 is 1. The minimum Gasteiger partial charge on any atom is -0.496 e. The third-order valence-corrected chi connectivity index (χ3v) is 4.48. The summed E-state index contributed by atoms with van der Waals surface area (Å²) in [6, 6.07) is 7.94. The number of hydrogen-bond donors (Lipinski definition) is 1. The lowest BCUT2D eigenvalue weighted by molar-refractivity contribution is -0.150. The minimum atomic E-state index is -0.274. The number of nitrogens with one attached hydrogen (secondary N) is 1. The van der Waals surface area contributed by atoms with Gasteiger partial charge < -0.3 is 19.7 Å². The maximum atomic E-state index is 12.9. The molecule has 1 aromatic carbocycles. The Morgan fingerprint density at radius 1 is 1.35 bits per heavy atom. The highest BCUT2D eigenvalue weighted by Crippen LogP contribution is 2.31. The van der Waals surface area contributed by atoms with Crippen molar-refractivity contribution in [3.05, 3.63) is 29.8 Å². The van der Waals surface area contributed by atoms with Crippen molar-refractivity contribution in [2.75, 3.05) is 33.4 Å². The molecule has 5 nitrogen and oxygen atoms in total. The second-order valence-corrected chi connectivity index (χ2v) is 5.85. The fourth-order valence-electron chi connectivity index (χ4n) is 3.31. The molecule has 2 heterocycles. The molecule has 0 radical (unpaired) electrons. The average Bonchev–Trinajstić information content (AvgIpc) is 2.62. The van der Waals surface area contributed by atoms with Gasteiger partial charge in [-0.1, -0.05) is 18.2 Å². The first-order valence-electron chi connectivity index (χ1n) is 8.07. The van der Waals surface area contributed by atoms with Crippen LogP contribution in [0, 0.1) is 0 Å². The summed E-state index contributed by atoms with van der Waals surface area (Å²) >= 11 is 0. The van der Waals surface area contributed by atoms with E-state index in [0.29, 0.717) is 13.2 Å². The van der Waals surface area contributed by atoms with Crippen LogP contribution in [0.2, 0.25) is 0 Å². The summed E-state index contributed by atoms with van der Waals surface area (Å²) in [6.07, 6.45) is 2.69. The topological polar surface area (TPSA) is 50.8 Å². The van der Waals surface area contributed by atoms with Gasteiger partial charge in [0.2, 0.25) is 0 Å². The van der Waals surface area contributed by atoms with Crippen LogP contribution < -0.4 is 10.1 Å². The number of benzene rings is 1. The highest BCUT2D eigenvalue weighted by atomic mass is 35.5. The molecule has 2 unspecified atom stereocenters. The van der Waals surface area contributed by atoms with Crippen LogP contribution >= 0.6 is 12.4 Å². The lowest BCUT2D eigenvalue weighted by Gasteiger charge is -2.39. The molecule has 2 aliphatic rings. The molecule has 23 heavy (non-hydrogen) atoms. The van der Waals surface area contributed by atoms with Gasteiger partial charge in [-0.2, -0.15) is 0 Å². The third-order valence-electron chi connectivity index (χ3n) is 4.48. The number of para-hydroxylation sites is 1. The van der Waals surface area contributed by atoms with E-state index in [0.717, 1.165) is 43.7 Å². The van der Waals surface area contributed by atoms with Crippen LogP contribution in [0.15, 0.2) is 24.3 Å². The lowest BCUT2D eigenvalue weighted by Crippen LogP contribution is -2.52. The summed E-state index contributed by atoms with van der Waals surface area (Å²) in [7, 11) is 1.67. The molecule has 0 saturated carbocycles. The average molecular weight is 341 g/mol. The predicted octanol–water partition coefficient (Wildman–Crippen LogP) is 2.16. The molecule has 0 bridgehead atoms. The van der Waals surface area contributed by atoms with E-state index in [1.54, 1.807) is 7.11 Å². The molecule has 0 aromatic heterocycles. The smallest absolute Gasteiger partial charge is 0.252 e. The van der Waals surface area contributed by atoms with E-state index in [9.17, 15) is 4.79 Å². The fraction of sp³-hybridized carbons (Fsp3) is 0.588. The number of halogens is 1. The van der Waals surface area contributed by atoms with Crippen molar-refractivity contribution in [1.82, 2.24) is 10.2 Å². The van der Waals surface area contributed by atoms with Crippen LogP contribution in [0.25, 0.3) is 0 Å². The van der Waals surface area contributed by atoms with Gasteiger partial charge in [-0.25, -0.2) is 0 Å². The first-order valence-corrected chi connectivity index (χ1v) is 8.07. The van der Waals surface area contributed by atoms with Gasteiger partial charge in [-0.15, -0.1) is 12.4 Å². The number of carbonyl (C=O) groups excluding carboxylic acids is 1. The van der Waals surface area contributed by atoms with Crippen molar-refractivity contribution in [2.45, 2.75) is 31.4 Å². The quantitative estimate of drug-likeness (QED) is 0.916. The normalized spacial score (nSPS) is 24.7. The predicted molar refractivity (Wildman–Crippen MR) is 91.2 cm³/mol. The van der Waals surface area contributed by atoms with E-state index in [2.05, 4.69) is 5.32 Å². The summed E-state index contributed by atoms with van der Waals surface area (Å²) in [5, 5.41) is 3.38. The third kappa shape index (κ3) is 3.97. The van der Waals surface area contributed by atoms with Gasteiger partial charge in [0.25, 0.3) is 5.91 Å². The van der Waals surface area contributed by atoms with Crippen molar-refractivity contribution < 1.29 is 14.3 Å². The number of rotatable bonds is 3. The molecule has 2 atom stereocenters. The molecule has 2 saturated heterocycles. The molecule has 128 valence electrons. The van der Waals surface area contributed by atoms with Crippen molar-refractivity contribution >= 4 is 18.3 Å². The van der Waals surface area contributed by atoms with E-state index < -0.39 is 0 Å². The highest BCUT2D eigenvalue weighted by molar-refractivity contribution is 5.85. The first-order chi connectivity index (χ1) is 10.8. The molecular weight excluding hydrogens is 316 g/mol. The van der Waals surface area contributed by atoms with Crippen molar-refractivity contribution in [3.8, 4) is 5.75 Å². The molecule has 1 amide bonds. The molecular formula is C17H25ClN2O3. The second kappa shape index (κ2) is 8.52.